The Morgan fingerprint density at radius 2 is 1.95 bits per heavy atom. The molecule has 0 saturated heterocycles. The third kappa shape index (κ3) is 3.96. The number of alkyl halides is 3. The minimum atomic E-state index is -4.49. The highest BCUT2D eigenvalue weighted by molar-refractivity contribution is 5.95. The summed E-state index contributed by atoms with van der Waals surface area (Å²) in [5.41, 5.74) is 4.33. The fraction of sp³-hybridized carbons (Fsp3) is 0.462. The fourth-order valence-corrected chi connectivity index (χ4v) is 1.75. The number of hydrogen-bond donors (Lipinski definition) is 1. The zero-order valence-corrected chi connectivity index (χ0v) is 10.7. The minimum Gasteiger partial charge on any atom is -0.322 e. The molecule has 106 valence electrons. The lowest BCUT2D eigenvalue weighted by Crippen LogP contribution is -2.38. The van der Waals surface area contributed by atoms with E-state index in [0.29, 0.717) is 6.42 Å². The number of para-hydroxylation sites is 1. The third-order valence-corrected chi connectivity index (χ3v) is 2.71. The lowest BCUT2D eigenvalue weighted by Gasteiger charge is -2.25. The van der Waals surface area contributed by atoms with Gasteiger partial charge in [-0.3, -0.25) is 4.79 Å². The first-order chi connectivity index (χ1) is 8.91. The molecule has 0 aliphatic carbocycles. The molecule has 0 radical (unpaired) electrons. The largest absolute Gasteiger partial charge is 0.418 e. The zero-order chi connectivity index (χ0) is 14.5. The van der Waals surface area contributed by atoms with E-state index >= 15 is 0 Å². The van der Waals surface area contributed by atoms with E-state index in [1.54, 1.807) is 0 Å². The number of nitrogens with two attached hydrogens (primary N) is 1. The van der Waals surface area contributed by atoms with Crippen molar-refractivity contribution >= 4 is 11.6 Å². The normalized spacial score (nSPS) is 11.4. The summed E-state index contributed by atoms with van der Waals surface area (Å²) >= 11 is 0. The number of benzene rings is 1. The smallest absolute Gasteiger partial charge is 0.322 e. The molecular weight excluding hydrogens is 257 g/mol. The van der Waals surface area contributed by atoms with Crippen molar-refractivity contribution in [2.24, 2.45) is 5.73 Å². The molecule has 0 unspecified atom stereocenters. The SMILES string of the molecule is CCCCN(C(=O)CN)c1ccccc1C(F)(F)F. The van der Waals surface area contributed by atoms with Gasteiger partial charge >= 0.3 is 6.18 Å². The first-order valence-corrected chi connectivity index (χ1v) is 6.08. The Morgan fingerprint density at radius 1 is 1.32 bits per heavy atom. The van der Waals surface area contributed by atoms with Crippen LogP contribution >= 0.6 is 0 Å². The molecule has 3 nitrogen and oxygen atoms in total. The van der Waals surface area contributed by atoms with Crippen LogP contribution in [0.25, 0.3) is 0 Å². The highest BCUT2D eigenvalue weighted by Crippen LogP contribution is 2.36. The van der Waals surface area contributed by atoms with Crippen LogP contribution in [0.3, 0.4) is 0 Å². The van der Waals surface area contributed by atoms with E-state index in [2.05, 4.69) is 0 Å². The number of carbonyl (C=O) groups is 1. The average molecular weight is 274 g/mol. The highest BCUT2D eigenvalue weighted by atomic mass is 19.4. The highest BCUT2D eigenvalue weighted by Gasteiger charge is 2.35. The topological polar surface area (TPSA) is 46.3 Å². The summed E-state index contributed by atoms with van der Waals surface area (Å²) in [7, 11) is 0. The van der Waals surface area contributed by atoms with Crippen molar-refractivity contribution in [3.63, 3.8) is 0 Å². The van der Waals surface area contributed by atoms with Gasteiger partial charge in [-0.2, -0.15) is 13.2 Å². The molecule has 0 spiro atoms. The Labute approximate surface area is 110 Å². The predicted molar refractivity (Wildman–Crippen MR) is 67.8 cm³/mol. The van der Waals surface area contributed by atoms with Crippen molar-refractivity contribution < 1.29 is 18.0 Å². The number of anilines is 1. The van der Waals surface area contributed by atoms with Crippen LogP contribution in [-0.2, 0) is 11.0 Å². The van der Waals surface area contributed by atoms with Gasteiger partial charge in [0.25, 0.3) is 0 Å². The van der Waals surface area contributed by atoms with Gasteiger partial charge in [-0.25, -0.2) is 0 Å². The molecule has 1 amide bonds. The van der Waals surface area contributed by atoms with Crippen LogP contribution in [0.1, 0.15) is 25.3 Å². The van der Waals surface area contributed by atoms with Crippen molar-refractivity contribution in [2.45, 2.75) is 25.9 Å². The first kappa shape index (κ1) is 15.5. The summed E-state index contributed by atoms with van der Waals surface area (Å²) in [6.45, 7) is 1.83. The van der Waals surface area contributed by atoms with Gasteiger partial charge in [0.05, 0.1) is 17.8 Å². The molecule has 0 atom stereocenters. The zero-order valence-electron chi connectivity index (χ0n) is 10.7. The van der Waals surface area contributed by atoms with E-state index in [-0.39, 0.29) is 18.8 Å². The van der Waals surface area contributed by atoms with Gasteiger partial charge in [0, 0.05) is 6.54 Å². The Bertz CT molecular complexity index is 432. The Kier molecular flexibility index (Phi) is 5.35. The van der Waals surface area contributed by atoms with Crippen LogP contribution in [0, 0.1) is 0 Å². The van der Waals surface area contributed by atoms with Gasteiger partial charge in [-0.1, -0.05) is 25.5 Å². The fourth-order valence-electron chi connectivity index (χ4n) is 1.75. The van der Waals surface area contributed by atoms with E-state index in [4.69, 9.17) is 5.73 Å². The molecule has 0 aliphatic heterocycles. The number of nitrogens with zero attached hydrogens (tertiary/aromatic N) is 1. The molecular formula is C13H17F3N2O. The maximum absolute atomic E-state index is 12.9. The second-order valence-corrected chi connectivity index (χ2v) is 4.12. The van der Waals surface area contributed by atoms with Gasteiger partial charge < -0.3 is 10.6 Å². The van der Waals surface area contributed by atoms with Crippen molar-refractivity contribution in [3.8, 4) is 0 Å². The standard InChI is InChI=1S/C13H17F3N2O/c1-2-3-8-18(12(19)9-17)11-7-5-4-6-10(11)13(14,15)16/h4-7H,2-3,8-9,17H2,1H3. The molecule has 0 aromatic heterocycles. The summed E-state index contributed by atoms with van der Waals surface area (Å²) in [6, 6.07) is 5.05. The summed E-state index contributed by atoms with van der Waals surface area (Å²) < 4.78 is 38.8. The summed E-state index contributed by atoms with van der Waals surface area (Å²) in [5, 5.41) is 0. The predicted octanol–water partition coefficient (Wildman–Crippen LogP) is 2.80. The molecule has 19 heavy (non-hydrogen) atoms. The summed E-state index contributed by atoms with van der Waals surface area (Å²) in [4.78, 5) is 12.8. The summed E-state index contributed by atoms with van der Waals surface area (Å²) in [5.74, 6) is -0.509. The van der Waals surface area contributed by atoms with E-state index in [9.17, 15) is 18.0 Å². The molecule has 1 aromatic carbocycles. The molecule has 0 aliphatic rings. The molecule has 0 saturated carbocycles. The number of unbranched alkanes of at least 4 members (excludes halogenated alkanes) is 1. The average Bonchev–Trinajstić information content (AvgIpc) is 2.38. The lowest BCUT2D eigenvalue weighted by molar-refractivity contribution is -0.137. The van der Waals surface area contributed by atoms with Gasteiger partial charge in [0.15, 0.2) is 0 Å². The van der Waals surface area contributed by atoms with Gasteiger partial charge in [0.2, 0.25) is 5.91 Å². The van der Waals surface area contributed by atoms with Crippen LogP contribution in [0.15, 0.2) is 24.3 Å². The second-order valence-electron chi connectivity index (χ2n) is 4.12. The van der Waals surface area contributed by atoms with Crippen LogP contribution in [0.5, 0.6) is 0 Å². The minimum absolute atomic E-state index is 0.126. The number of carbonyl (C=O) groups excluding carboxylic acids is 1. The monoisotopic (exact) mass is 274 g/mol. The molecule has 1 rings (SSSR count). The maximum atomic E-state index is 12.9. The number of hydrogen-bond acceptors (Lipinski definition) is 2. The number of rotatable bonds is 5. The van der Waals surface area contributed by atoms with Crippen molar-refractivity contribution in [2.75, 3.05) is 18.0 Å². The molecule has 0 bridgehead atoms. The van der Waals surface area contributed by atoms with Gasteiger partial charge in [-0.15, -0.1) is 0 Å². The quantitative estimate of drug-likeness (QED) is 0.897. The molecule has 6 heteroatoms. The number of halogens is 3. The van der Waals surface area contributed by atoms with E-state index in [1.165, 1.54) is 18.2 Å². The van der Waals surface area contributed by atoms with Crippen molar-refractivity contribution in [1.29, 1.82) is 0 Å². The van der Waals surface area contributed by atoms with E-state index < -0.39 is 17.6 Å². The molecule has 0 fully saturated rings. The molecule has 1 aromatic rings. The Balaban J connectivity index is 3.18. The van der Waals surface area contributed by atoms with Crippen molar-refractivity contribution in [1.82, 2.24) is 0 Å². The maximum Gasteiger partial charge on any atom is 0.418 e. The lowest BCUT2D eigenvalue weighted by atomic mass is 10.1. The first-order valence-electron chi connectivity index (χ1n) is 6.08. The van der Waals surface area contributed by atoms with E-state index in [0.717, 1.165) is 17.4 Å². The van der Waals surface area contributed by atoms with Gasteiger partial charge in [0.1, 0.15) is 0 Å². The van der Waals surface area contributed by atoms with Crippen LogP contribution in [0.4, 0.5) is 18.9 Å². The van der Waals surface area contributed by atoms with Crippen molar-refractivity contribution in [3.05, 3.63) is 29.8 Å². The molecule has 0 heterocycles. The van der Waals surface area contributed by atoms with Crippen LogP contribution in [0.2, 0.25) is 0 Å². The van der Waals surface area contributed by atoms with Crippen LogP contribution < -0.4 is 10.6 Å². The Hall–Kier alpha value is -1.56. The van der Waals surface area contributed by atoms with Gasteiger partial charge in [-0.05, 0) is 18.6 Å². The second kappa shape index (κ2) is 6.56. The van der Waals surface area contributed by atoms with Crippen LogP contribution in [-0.4, -0.2) is 19.0 Å². The third-order valence-electron chi connectivity index (χ3n) is 2.71. The summed E-state index contributed by atoms with van der Waals surface area (Å²) in [6.07, 6.45) is -3.09. The van der Waals surface area contributed by atoms with E-state index in [1.807, 2.05) is 6.92 Å². The Morgan fingerprint density at radius 3 is 2.47 bits per heavy atom. The number of amides is 1. The molecule has 2 N–H and O–H groups in total.